The predicted octanol–water partition coefficient (Wildman–Crippen LogP) is 2.97. The van der Waals surface area contributed by atoms with Gasteiger partial charge < -0.3 is 14.7 Å². The molecule has 1 aromatic carbocycles. The molecule has 1 aliphatic heterocycles. The molecule has 2 rings (SSSR count). The summed E-state index contributed by atoms with van der Waals surface area (Å²) in [5.41, 5.74) is 1.57. The summed E-state index contributed by atoms with van der Waals surface area (Å²) < 4.78 is 4.70. The van der Waals surface area contributed by atoms with Crippen LogP contribution in [0.5, 0.6) is 0 Å². The van der Waals surface area contributed by atoms with Crippen molar-refractivity contribution in [3.63, 3.8) is 0 Å². The molecule has 3 atom stereocenters. The average Bonchev–Trinajstić information content (AvgIpc) is 3.07. The Morgan fingerprint density at radius 1 is 1.39 bits per heavy atom. The lowest BCUT2D eigenvalue weighted by atomic mass is 10.00. The van der Waals surface area contributed by atoms with Gasteiger partial charge in [-0.25, -0.2) is 4.79 Å². The van der Waals surface area contributed by atoms with Gasteiger partial charge in [-0.05, 0) is 43.4 Å². The second kappa shape index (κ2) is 10.7. The Labute approximate surface area is 167 Å². The first kappa shape index (κ1) is 21.7. The molecule has 150 valence electrons. The molecule has 0 saturated carbocycles. The normalized spacial score (nSPS) is 18.6. The van der Waals surface area contributed by atoms with E-state index in [1.54, 1.807) is 25.1 Å². The van der Waals surface area contributed by atoms with Crippen LogP contribution in [0.4, 0.5) is 0 Å². The van der Waals surface area contributed by atoms with Crippen LogP contribution >= 0.6 is 0 Å². The molecule has 5 heteroatoms. The van der Waals surface area contributed by atoms with E-state index in [9.17, 15) is 14.7 Å². The zero-order valence-corrected chi connectivity index (χ0v) is 16.9. The summed E-state index contributed by atoms with van der Waals surface area (Å²) in [5.74, 6) is 5.67. The van der Waals surface area contributed by atoms with Gasteiger partial charge in [0.05, 0.1) is 24.8 Å². The van der Waals surface area contributed by atoms with Crippen LogP contribution in [-0.2, 0) is 16.0 Å². The highest BCUT2D eigenvalue weighted by atomic mass is 16.5. The van der Waals surface area contributed by atoms with Crippen molar-refractivity contribution >= 4 is 11.9 Å². The number of benzene rings is 1. The minimum Gasteiger partial charge on any atom is -0.465 e. The first-order chi connectivity index (χ1) is 13.5. The number of carbonyl (C=O) groups excluding carboxylic acids is 2. The van der Waals surface area contributed by atoms with Crippen LogP contribution in [0.25, 0.3) is 0 Å². The number of methoxy groups -OCH3 is 1. The van der Waals surface area contributed by atoms with Gasteiger partial charge >= 0.3 is 5.97 Å². The van der Waals surface area contributed by atoms with Crippen LogP contribution in [0.3, 0.4) is 0 Å². The molecule has 1 aromatic rings. The van der Waals surface area contributed by atoms with Gasteiger partial charge in [-0.1, -0.05) is 31.2 Å². The minimum absolute atomic E-state index is 0.0148. The molecule has 0 spiro atoms. The van der Waals surface area contributed by atoms with Crippen LogP contribution in [0.1, 0.15) is 49.0 Å². The summed E-state index contributed by atoms with van der Waals surface area (Å²) in [6.07, 6.45) is 5.84. The zero-order chi connectivity index (χ0) is 20.5. The van der Waals surface area contributed by atoms with E-state index in [1.807, 2.05) is 30.0 Å². The lowest BCUT2D eigenvalue weighted by molar-refractivity contribution is -0.128. The van der Waals surface area contributed by atoms with Crippen molar-refractivity contribution in [3.05, 3.63) is 47.5 Å². The van der Waals surface area contributed by atoms with Gasteiger partial charge in [0.2, 0.25) is 5.91 Å². The molecule has 0 aromatic heterocycles. The molecule has 5 nitrogen and oxygen atoms in total. The van der Waals surface area contributed by atoms with E-state index in [0.29, 0.717) is 31.4 Å². The molecule has 1 N–H and O–H groups in total. The summed E-state index contributed by atoms with van der Waals surface area (Å²) >= 11 is 0. The van der Waals surface area contributed by atoms with Crippen molar-refractivity contribution < 1.29 is 19.4 Å². The number of likely N-dealkylation sites (tertiary alicyclic amines) is 1. The average molecular weight is 383 g/mol. The highest BCUT2D eigenvalue weighted by Crippen LogP contribution is 2.21. The fraction of sp³-hybridized carbons (Fsp3) is 0.478. The maximum Gasteiger partial charge on any atom is 0.337 e. The van der Waals surface area contributed by atoms with E-state index in [0.717, 1.165) is 12.0 Å². The summed E-state index contributed by atoms with van der Waals surface area (Å²) in [7, 11) is 1.36. The SMILES string of the molecule is CC#CCC(C)[C@H](O)/C=C/[C@H]1CCC(=O)N1CCc1ccc(C(=O)OC)cc1. The maximum atomic E-state index is 12.3. The van der Waals surface area contributed by atoms with Gasteiger partial charge in [-0.15, -0.1) is 11.8 Å². The smallest absolute Gasteiger partial charge is 0.337 e. The Balaban J connectivity index is 1.93. The van der Waals surface area contributed by atoms with Gasteiger partial charge in [0.25, 0.3) is 0 Å². The van der Waals surface area contributed by atoms with Crippen molar-refractivity contribution in [1.29, 1.82) is 0 Å². The van der Waals surface area contributed by atoms with Gasteiger partial charge in [0, 0.05) is 19.4 Å². The molecule has 28 heavy (non-hydrogen) atoms. The first-order valence-electron chi connectivity index (χ1n) is 9.69. The van der Waals surface area contributed by atoms with Gasteiger partial charge in [0.15, 0.2) is 0 Å². The quantitative estimate of drug-likeness (QED) is 0.426. The van der Waals surface area contributed by atoms with Crippen molar-refractivity contribution in [3.8, 4) is 11.8 Å². The van der Waals surface area contributed by atoms with Crippen molar-refractivity contribution in [2.24, 2.45) is 5.92 Å². The van der Waals surface area contributed by atoms with Crippen LogP contribution in [0.2, 0.25) is 0 Å². The number of nitrogens with zero attached hydrogens (tertiary/aromatic N) is 1. The number of esters is 1. The maximum absolute atomic E-state index is 12.3. The van der Waals surface area contributed by atoms with E-state index in [4.69, 9.17) is 4.74 Å². The summed E-state index contributed by atoms with van der Waals surface area (Å²) in [4.78, 5) is 25.6. The Morgan fingerprint density at radius 3 is 2.75 bits per heavy atom. The fourth-order valence-corrected chi connectivity index (χ4v) is 3.24. The van der Waals surface area contributed by atoms with E-state index in [2.05, 4.69) is 11.8 Å². The summed E-state index contributed by atoms with van der Waals surface area (Å²) in [5, 5.41) is 10.3. The number of hydrogen-bond donors (Lipinski definition) is 1. The van der Waals surface area contributed by atoms with E-state index in [-0.39, 0.29) is 23.8 Å². The van der Waals surface area contributed by atoms with E-state index in [1.165, 1.54) is 7.11 Å². The Morgan fingerprint density at radius 2 is 2.11 bits per heavy atom. The van der Waals surface area contributed by atoms with Crippen LogP contribution in [0.15, 0.2) is 36.4 Å². The zero-order valence-electron chi connectivity index (χ0n) is 16.9. The Kier molecular flexibility index (Phi) is 8.28. The van der Waals surface area contributed by atoms with Crippen molar-refractivity contribution in [2.75, 3.05) is 13.7 Å². The molecule has 1 aliphatic rings. The second-order valence-electron chi connectivity index (χ2n) is 7.12. The highest BCUT2D eigenvalue weighted by molar-refractivity contribution is 5.89. The van der Waals surface area contributed by atoms with Crippen LogP contribution in [-0.4, -0.2) is 47.7 Å². The molecule has 1 unspecified atom stereocenters. The molecule has 1 heterocycles. The standard InChI is InChI=1S/C23H29NO4/c1-4-5-6-17(2)21(25)13-11-20-12-14-22(26)24(20)16-15-18-7-9-19(10-8-18)23(27)28-3/h7-11,13,17,20-21,25H,6,12,14-16H2,1-3H3/b13-11+/t17?,20-,21+/m0/s1. The number of aliphatic hydroxyl groups excluding tert-OH is 1. The molecule has 1 saturated heterocycles. The summed E-state index contributed by atoms with van der Waals surface area (Å²) in [6.45, 7) is 4.37. The number of amides is 1. The van der Waals surface area contributed by atoms with Crippen molar-refractivity contribution in [1.82, 2.24) is 4.90 Å². The number of aliphatic hydroxyl groups is 1. The van der Waals surface area contributed by atoms with E-state index >= 15 is 0 Å². The lowest BCUT2D eigenvalue weighted by Crippen LogP contribution is -2.34. The minimum atomic E-state index is -0.565. The van der Waals surface area contributed by atoms with Gasteiger partial charge in [-0.2, -0.15) is 0 Å². The third kappa shape index (κ3) is 5.97. The van der Waals surface area contributed by atoms with Gasteiger partial charge in [0.1, 0.15) is 0 Å². The summed E-state index contributed by atoms with van der Waals surface area (Å²) in [6, 6.07) is 7.26. The fourth-order valence-electron chi connectivity index (χ4n) is 3.24. The largest absolute Gasteiger partial charge is 0.465 e. The molecule has 1 fully saturated rings. The number of hydrogen-bond acceptors (Lipinski definition) is 4. The first-order valence-corrected chi connectivity index (χ1v) is 9.69. The van der Waals surface area contributed by atoms with Crippen LogP contribution in [0, 0.1) is 17.8 Å². The third-order valence-corrected chi connectivity index (χ3v) is 5.11. The molecule has 1 amide bonds. The van der Waals surface area contributed by atoms with Crippen LogP contribution < -0.4 is 0 Å². The third-order valence-electron chi connectivity index (χ3n) is 5.11. The molecular weight excluding hydrogens is 354 g/mol. The lowest BCUT2D eigenvalue weighted by Gasteiger charge is -2.23. The topological polar surface area (TPSA) is 66.8 Å². The number of rotatable bonds is 8. The Bertz CT molecular complexity index is 757. The molecule has 0 radical (unpaired) electrons. The monoisotopic (exact) mass is 383 g/mol. The van der Waals surface area contributed by atoms with Crippen molar-refractivity contribution in [2.45, 2.75) is 51.7 Å². The Hall–Kier alpha value is -2.58. The van der Waals surface area contributed by atoms with E-state index < -0.39 is 6.10 Å². The molecule has 0 aliphatic carbocycles. The number of ether oxygens (including phenoxy) is 1. The van der Waals surface area contributed by atoms with Gasteiger partial charge in [-0.3, -0.25) is 4.79 Å². The predicted molar refractivity (Wildman–Crippen MR) is 109 cm³/mol. The second-order valence-corrected chi connectivity index (χ2v) is 7.12. The highest BCUT2D eigenvalue weighted by Gasteiger charge is 2.28. The number of carbonyl (C=O) groups is 2. The molecule has 0 bridgehead atoms. The molecular formula is C23H29NO4.